The quantitative estimate of drug-likeness (QED) is 0.927. The van der Waals surface area contributed by atoms with E-state index in [4.69, 9.17) is 10.00 Å². The number of anilines is 1. The van der Waals surface area contributed by atoms with Gasteiger partial charge in [0.05, 0.1) is 18.1 Å². The molecular weight excluding hydrogens is 295 g/mol. The summed E-state index contributed by atoms with van der Waals surface area (Å²) in [5.41, 5.74) is 1.79. The van der Waals surface area contributed by atoms with Gasteiger partial charge in [0.2, 0.25) is 5.91 Å². The Bertz CT molecular complexity index is 887. The van der Waals surface area contributed by atoms with Crippen LogP contribution in [0.4, 0.5) is 10.1 Å². The third-order valence-corrected chi connectivity index (χ3v) is 4.84. The van der Waals surface area contributed by atoms with Crippen LogP contribution in [0.3, 0.4) is 0 Å². The number of nitrogens with one attached hydrogen (secondary N) is 1. The fourth-order valence-corrected chi connectivity index (χ4v) is 3.54. The SMILES string of the molecule is COc1ccc2c(c1)[C@]1(C[C@@H]1c1ccc(C#N)c(F)c1)C(=O)N2. The van der Waals surface area contributed by atoms with Gasteiger partial charge < -0.3 is 10.1 Å². The van der Waals surface area contributed by atoms with Gasteiger partial charge in [0.1, 0.15) is 17.6 Å². The maximum atomic E-state index is 13.9. The molecule has 1 heterocycles. The van der Waals surface area contributed by atoms with Crippen LogP contribution in [0.2, 0.25) is 0 Å². The van der Waals surface area contributed by atoms with Gasteiger partial charge >= 0.3 is 0 Å². The first-order valence-corrected chi connectivity index (χ1v) is 7.29. The second-order valence-electron chi connectivity index (χ2n) is 5.94. The number of nitrogens with zero attached hydrogens (tertiary/aromatic N) is 1. The highest BCUT2D eigenvalue weighted by Gasteiger charge is 2.65. The van der Waals surface area contributed by atoms with Crippen LogP contribution in [0.25, 0.3) is 0 Å². The van der Waals surface area contributed by atoms with E-state index < -0.39 is 11.2 Å². The lowest BCUT2D eigenvalue weighted by Gasteiger charge is -2.10. The smallest absolute Gasteiger partial charge is 0.235 e. The lowest BCUT2D eigenvalue weighted by atomic mass is 9.91. The van der Waals surface area contributed by atoms with Crippen molar-refractivity contribution in [1.29, 1.82) is 5.26 Å². The average molecular weight is 308 g/mol. The van der Waals surface area contributed by atoms with Gasteiger partial charge in [-0.05, 0) is 47.9 Å². The van der Waals surface area contributed by atoms with E-state index in [1.165, 1.54) is 12.1 Å². The average Bonchev–Trinajstić information content (AvgIpc) is 3.25. The normalized spacial score (nSPS) is 24.0. The fraction of sp³-hybridized carbons (Fsp3) is 0.222. The molecule has 5 heteroatoms. The summed E-state index contributed by atoms with van der Waals surface area (Å²) in [5, 5.41) is 11.7. The predicted molar refractivity (Wildman–Crippen MR) is 81.8 cm³/mol. The Morgan fingerprint density at radius 1 is 1.35 bits per heavy atom. The van der Waals surface area contributed by atoms with Gasteiger partial charge in [0.15, 0.2) is 0 Å². The van der Waals surface area contributed by atoms with Crippen molar-refractivity contribution < 1.29 is 13.9 Å². The number of ether oxygens (including phenoxy) is 1. The summed E-state index contributed by atoms with van der Waals surface area (Å²) >= 11 is 0. The number of amides is 1. The Morgan fingerprint density at radius 3 is 2.87 bits per heavy atom. The highest BCUT2D eigenvalue weighted by Crippen LogP contribution is 2.65. The minimum absolute atomic E-state index is 0.0152. The van der Waals surface area contributed by atoms with E-state index in [0.29, 0.717) is 12.2 Å². The highest BCUT2D eigenvalue weighted by atomic mass is 19.1. The summed E-state index contributed by atoms with van der Waals surface area (Å²) in [6, 6.07) is 11.9. The molecule has 114 valence electrons. The van der Waals surface area contributed by atoms with Crippen molar-refractivity contribution in [2.75, 3.05) is 12.4 Å². The lowest BCUT2D eigenvalue weighted by Crippen LogP contribution is -2.21. The molecular formula is C18H13FN2O2. The molecule has 2 atom stereocenters. The fourth-order valence-electron chi connectivity index (χ4n) is 3.54. The maximum Gasteiger partial charge on any atom is 0.235 e. The second kappa shape index (κ2) is 4.56. The number of benzene rings is 2. The molecule has 4 rings (SSSR count). The first kappa shape index (κ1) is 13.8. The summed E-state index contributed by atoms with van der Waals surface area (Å²) in [4.78, 5) is 12.5. The molecule has 2 aliphatic rings. The number of halogens is 1. The first-order valence-electron chi connectivity index (χ1n) is 7.29. The van der Waals surface area contributed by atoms with Crippen molar-refractivity contribution in [3.8, 4) is 11.8 Å². The topological polar surface area (TPSA) is 62.1 Å². The molecule has 1 aliphatic heterocycles. The minimum Gasteiger partial charge on any atom is -0.497 e. The third kappa shape index (κ3) is 1.78. The molecule has 2 aromatic rings. The van der Waals surface area contributed by atoms with Crippen molar-refractivity contribution in [2.45, 2.75) is 17.8 Å². The van der Waals surface area contributed by atoms with Crippen LogP contribution in [0.1, 0.15) is 29.0 Å². The molecule has 1 saturated carbocycles. The molecule has 4 nitrogen and oxygen atoms in total. The summed E-state index contributed by atoms with van der Waals surface area (Å²) in [5.74, 6) is 0.00113. The van der Waals surface area contributed by atoms with Gasteiger partial charge in [-0.1, -0.05) is 6.07 Å². The Morgan fingerprint density at radius 2 is 2.17 bits per heavy atom. The molecule has 1 spiro atoms. The van der Waals surface area contributed by atoms with Crippen LogP contribution in [-0.2, 0) is 10.2 Å². The van der Waals surface area contributed by atoms with Crippen LogP contribution in [0.15, 0.2) is 36.4 Å². The zero-order chi connectivity index (χ0) is 16.2. The van der Waals surface area contributed by atoms with Crippen molar-refractivity contribution in [3.05, 3.63) is 58.9 Å². The number of hydrogen-bond donors (Lipinski definition) is 1. The van der Waals surface area contributed by atoms with Gasteiger partial charge in [-0.3, -0.25) is 4.79 Å². The number of methoxy groups -OCH3 is 1. The van der Waals surface area contributed by atoms with Crippen LogP contribution in [0, 0.1) is 17.1 Å². The third-order valence-electron chi connectivity index (χ3n) is 4.84. The highest BCUT2D eigenvalue weighted by molar-refractivity contribution is 6.09. The largest absolute Gasteiger partial charge is 0.497 e. The molecule has 0 unspecified atom stereocenters. The summed E-state index contributed by atoms with van der Waals surface area (Å²) in [7, 11) is 1.58. The van der Waals surface area contributed by atoms with E-state index in [-0.39, 0.29) is 17.4 Å². The molecule has 0 radical (unpaired) electrons. The number of carbonyl (C=O) groups is 1. The number of carbonyl (C=O) groups excluding carboxylic acids is 1. The zero-order valence-corrected chi connectivity index (χ0v) is 12.4. The van der Waals surface area contributed by atoms with Gasteiger partial charge in [-0.2, -0.15) is 5.26 Å². The molecule has 0 saturated heterocycles. The van der Waals surface area contributed by atoms with Crippen molar-refractivity contribution in [3.63, 3.8) is 0 Å². The summed E-state index contributed by atoms with van der Waals surface area (Å²) in [6.07, 6.45) is 0.629. The number of nitriles is 1. The predicted octanol–water partition coefficient (Wildman–Crippen LogP) is 3.08. The molecule has 0 bridgehead atoms. The summed E-state index contributed by atoms with van der Waals surface area (Å²) < 4.78 is 19.1. The van der Waals surface area contributed by atoms with Gasteiger partial charge in [-0.15, -0.1) is 0 Å². The number of fused-ring (bicyclic) bond motifs is 2. The van der Waals surface area contributed by atoms with Crippen molar-refractivity contribution in [2.24, 2.45) is 0 Å². The second-order valence-corrected chi connectivity index (χ2v) is 5.94. The molecule has 0 aromatic heterocycles. The Labute approximate surface area is 132 Å². The molecule has 2 aromatic carbocycles. The van der Waals surface area contributed by atoms with E-state index in [1.54, 1.807) is 19.2 Å². The monoisotopic (exact) mass is 308 g/mol. The van der Waals surface area contributed by atoms with E-state index in [9.17, 15) is 9.18 Å². The Balaban J connectivity index is 1.77. The van der Waals surface area contributed by atoms with E-state index >= 15 is 0 Å². The zero-order valence-electron chi connectivity index (χ0n) is 12.4. The maximum absolute atomic E-state index is 13.9. The lowest BCUT2D eigenvalue weighted by molar-refractivity contribution is -0.118. The van der Waals surface area contributed by atoms with Gasteiger partial charge in [0, 0.05) is 11.6 Å². The number of rotatable bonds is 2. The van der Waals surface area contributed by atoms with Crippen LogP contribution in [-0.4, -0.2) is 13.0 Å². The van der Waals surface area contributed by atoms with Crippen LogP contribution >= 0.6 is 0 Å². The van der Waals surface area contributed by atoms with Gasteiger partial charge in [0.25, 0.3) is 0 Å². The van der Waals surface area contributed by atoms with Crippen LogP contribution < -0.4 is 10.1 Å². The van der Waals surface area contributed by atoms with Crippen LogP contribution in [0.5, 0.6) is 5.75 Å². The summed E-state index contributed by atoms with van der Waals surface area (Å²) in [6.45, 7) is 0. The van der Waals surface area contributed by atoms with Gasteiger partial charge in [-0.25, -0.2) is 4.39 Å². The Kier molecular flexibility index (Phi) is 2.73. The standard InChI is InChI=1S/C18H13FN2O2/c1-23-12-4-5-16-13(7-12)18(17(22)21-16)8-14(18)10-2-3-11(9-20)15(19)6-10/h2-7,14H,8H2,1H3,(H,21,22)/t14-,18+/m1/s1. The van der Waals surface area contributed by atoms with Crippen molar-refractivity contribution >= 4 is 11.6 Å². The number of hydrogen-bond acceptors (Lipinski definition) is 3. The molecule has 1 N–H and O–H groups in total. The molecule has 1 aliphatic carbocycles. The van der Waals surface area contributed by atoms with E-state index in [2.05, 4.69) is 5.32 Å². The minimum atomic E-state index is -0.648. The molecule has 1 fully saturated rings. The molecule has 1 amide bonds. The van der Waals surface area contributed by atoms with E-state index in [1.807, 2.05) is 18.2 Å². The van der Waals surface area contributed by atoms with E-state index in [0.717, 1.165) is 16.8 Å². The first-order chi connectivity index (χ1) is 11.1. The van der Waals surface area contributed by atoms with Crippen molar-refractivity contribution in [1.82, 2.24) is 0 Å². The Hall–Kier alpha value is -2.87. The molecule has 23 heavy (non-hydrogen) atoms.